The highest BCUT2D eigenvalue weighted by Gasteiger charge is 2.37. The molecule has 0 amide bonds. The van der Waals surface area contributed by atoms with Gasteiger partial charge in [0.1, 0.15) is 0 Å². The third-order valence-corrected chi connectivity index (χ3v) is 3.53. The standard InChI is InChI=1S/C13H23N3/c1-10(2)16-9-11(8-15-16)7-14-13(3,4)12-5-6-12/h8-10,12,14H,5-7H2,1-4H3. The maximum Gasteiger partial charge on any atom is 0.0534 e. The fourth-order valence-electron chi connectivity index (χ4n) is 2.03. The van der Waals surface area contributed by atoms with Crippen LogP contribution in [0.15, 0.2) is 12.4 Å². The summed E-state index contributed by atoms with van der Waals surface area (Å²) in [5.74, 6) is 0.868. The predicted octanol–water partition coefficient (Wildman–Crippen LogP) is 2.74. The summed E-state index contributed by atoms with van der Waals surface area (Å²) in [6.07, 6.45) is 6.87. The van der Waals surface area contributed by atoms with Gasteiger partial charge in [0.15, 0.2) is 0 Å². The molecule has 0 aromatic carbocycles. The Morgan fingerprint density at radius 2 is 2.19 bits per heavy atom. The van der Waals surface area contributed by atoms with Crippen molar-refractivity contribution in [2.45, 2.75) is 58.7 Å². The first-order valence-corrected chi connectivity index (χ1v) is 6.27. The molecular weight excluding hydrogens is 198 g/mol. The maximum absolute atomic E-state index is 4.35. The molecule has 0 atom stereocenters. The van der Waals surface area contributed by atoms with Crippen LogP contribution in [0.1, 0.15) is 52.1 Å². The van der Waals surface area contributed by atoms with Gasteiger partial charge in [-0.15, -0.1) is 0 Å². The Bertz CT molecular complexity index is 348. The van der Waals surface area contributed by atoms with E-state index in [0.29, 0.717) is 6.04 Å². The monoisotopic (exact) mass is 221 g/mol. The summed E-state index contributed by atoms with van der Waals surface area (Å²) in [4.78, 5) is 0. The molecule has 1 aliphatic carbocycles. The molecule has 0 radical (unpaired) electrons. The summed E-state index contributed by atoms with van der Waals surface area (Å²) >= 11 is 0. The lowest BCUT2D eigenvalue weighted by Crippen LogP contribution is -2.40. The fourth-order valence-corrected chi connectivity index (χ4v) is 2.03. The number of nitrogens with one attached hydrogen (secondary N) is 1. The molecule has 0 bridgehead atoms. The average Bonchev–Trinajstić information content (AvgIpc) is 2.95. The Hall–Kier alpha value is -0.830. The van der Waals surface area contributed by atoms with Crippen molar-refractivity contribution in [3.63, 3.8) is 0 Å². The van der Waals surface area contributed by atoms with Crippen LogP contribution in [-0.4, -0.2) is 15.3 Å². The normalized spacial score (nSPS) is 17.1. The molecule has 1 heterocycles. The molecule has 90 valence electrons. The predicted molar refractivity (Wildman–Crippen MR) is 66.3 cm³/mol. The van der Waals surface area contributed by atoms with Crippen LogP contribution in [0.25, 0.3) is 0 Å². The second kappa shape index (κ2) is 4.21. The molecule has 3 heteroatoms. The molecule has 1 aliphatic rings. The van der Waals surface area contributed by atoms with E-state index in [1.54, 1.807) is 0 Å². The summed E-state index contributed by atoms with van der Waals surface area (Å²) in [7, 11) is 0. The minimum absolute atomic E-state index is 0.278. The molecule has 0 spiro atoms. The molecule has 1 aromatic heterocycles. The van der Waals surface area contributed by atoms with Crippen LogP contribution in [0.5, 0.6) is 0 Å². The quantitative estimate of drug-likeness (QED) is 0.828. The summed E-state index contributed by atoms with van der Waals surface area (Å²) < 4.78 is 2.02. The third kappa shape index (κ3) is 2.64. The highest BCUT2D eigenvalue weighted by atomic mass is 15.3. The molecule has 1 aromatic rings. The van der Waals surface area contributed by atoms with Gasteiger partial charge >= 0.3 is 0 Å². The molecule has 3 nitrogen and oxygen atoms in total. The summed E-state index contributed by atoms with van der Waals surface area (Å²) in [6, 6.07) is 0.449. The largest absolute Gasteiger partial charge is 0.307 e. The lowest BCUT2D eigenvalue weighted by Gasteiger charge is -2.25. The van der Waals surface area contributed by atoms with Crippen LogP contribution < -0.4 is 5.32 Å². The van der Waals surface area contributed by atoms with Gasteiger partial charge in [0.25, 0.3) is 0 Å². The Balaban J connectivity index is 1.89. The van der Waals surface area contributed by atoms with Crippen molar-refractivity contribution >= 4 is 0 Å². The van der Waals surface area contributed by atoms with Gasteiger partial charge in [-0.1, -0.05) is 0 Å². The smallest absolute Gasteiger partial charge is 0.0534 e. The number of aromatic nitrogens is 2. The highest BCUT2D eigenvalue weighted by Crippen LogP contribution is 2.39. The first kappa shape index (κ1) is 11.6. The molecule has 1 N–H and O–H groups in total. The zero-order valence-electron chi connectivity index (χ0n) is 10.8. The summed E-state index contributed by atoms with van der Waals surface area (Å²) in [5, 5.41) is 7.99. The van der Waals surface area contributed by atoms with Crippen LogP contribution in [0.4, 0.5) is 0 Å². The summed E-state index contributed by atoms with van der Waals surface area (Å²) in [5.41, 5.74) is 1.56. The van der Waals surface area contributed by atoms with Crippen molar-refractivity contribution in [1.29, 1.82) is 0 Å². The zero-order valence-corrected chi connectivity index (χ0v) is 10.8. The van der Waals surface area contributed by atoms with E-state index in [0.717, 1.165) is 12.5 Å². The molecule has 1 saturated carbocycles. The number of nitrogens with zero attached hydrogens (tertiary/aromatic N) is 2. The first-order chi connectivity index (χ1) is 7.49. The van der Waals surface area contributed by atoms with Gasteiger partial charge in [0.05, 0.1) is 6.20 Å². The molecular formula is C13H23N3. The van der Waals surface area contributed by atoms with Gasteiger partial charge < -0.3 is 5.32 Å². The van der Waals surface area contributed by atoms with Gasteiger partial charge in [-0.2, -0.15) is 5.10 Å². The van der Waals surface area contributed by atoms with Gasteiger partial charge in [-0.05, 0) is 46.5 Å². The molecule has 1 fully saturated rings. The van der Waals surface area contributed by atoms with E-state index >= 15 is 0 Å². The lowest BCUT2D eigenvalue weighted by atomic mass is 9.98. The van der Waals surface area contributed by atoms with Crippen molar-refractivity contribution in [3.05, 3.63) is 18.0 Å². The van der Waals surface area contributed by atoms with E-state index in [4.69, 9.17) is 0 Å². The minimum atomic E-state index is 0.278. The Morgan fingerprint density at radius 1 is 1.50 bits per heavy atom. The topological polar surface area (TPSA) is 29.9 Å². The highest BCUT2D eigenvalue weighted by molar-refractivity contribution is 5.06. The van der Waals surface area contributed by atoms with Crippen molar-refractivity contribution in [3.8, 4) is 0 Å². The van der Waals surface area contributed by atoms with Crippen LogP contribution >= 0.6 is 0 Å². The van der Waals surface area contributed by atoms with Gasteiger partial charge in [0.2, 0.25) is 0 Å². The Labute approximate surface area is 98.2 Å². The van der Waals surface area contributed by atoms with Crippen LogP contribution in [0.2, 0.25) is 0 Å². The van der Waals surface area contributed by atoms with E-state index in [2.05, 4.69) is 44.3 Å². The molecule has 0 saturated heterocycles. The second-order valence-corrected chi connectivity index (χ2v) is 5.77. The van der Waals surface area contributed by atoms with E-state index in [1.165, 1.54) is 18.4 Å². The van der Waals surface area contributed by atoms with Crippen LogP contribution in [-0.2, 0) is 6.54 Å². The van der Waals surface area contributed by atoms with Crippen molar-refractivity contribution in [1.82, 2.24) is 15.1 Å². The van der Waals surface area contributed by atoms with Crippen LogP contribution in [0, 0.1) is 5.92 Å². The van der Waals surface area contributed by atoms with E-state index < -0.39 is 0 Å². The molecule has 0 unspecified atom stereocenters. The lowest BCUT2D eigenvalue weighted by molar-refractivity contribution is 0.339. The van der Waals surface area contributed by atoms with Crippen LogP contribution in [0.3, 0.4) is 0 Å². The second-order valence-electron chi connectivity index (χ2n) is 5.77. The SMILES string of the molecule is CC(C)n1cc(CNC(C)(C)C2CC2)cn1. The van der Waals surface area contributed by atoms with E-state index in [1.807, 2.05) is 10.9 Å². The van der Waals surface area contributed by atoms with Crippen molar-refractivity contribution < 1.29 is 0 Å². The number of hydrogen-bond acceptors (Lipinski definition) is 2. The molecule has 16 heavy (non-hydrogen) atoms. The van der Waals surface area contributed by atoms with Gasteiger partial charge in [-0.3, -0.25) is 4.68 Å². The molecule has 0 aliphatic heterocycles. The fraction of sp³-hybridized carbons (Fsp3) is 0.769. The van der Waals surface area contributed by atoms with E-state index in [9.17, 15) is 0 Å². The Morgan fingerprint density at radius 3 is 2.69 bits per heavy atom. The third-order valence-electron chi connectivity index (χ3n) is 3.53. The van der Waals surface area contributed by atoms with Crippen molar-refractivity contribution in [2.24, 2.45) is 5.92 Å². The van der Waals surface area contributed by atoms with Gasteiger partial charge in [0, 0.05) is 29.9 Å². The molecule has 2 rings (SSSR count). The van der Waals surface area contributed by atoms with Gasteiger partial charge in [-0.25, -0.2) is 0 Å². The maximum atomic E-state index is 4.35. The summed E-state index contributed by atoms with van der Waals surface area (Å²) in [6.45, 7) is 9.84. The van der Waals surface area contributed by atoms with Crippen molar-refractivity contribution in [2.75, 3.05) is 0 Å². The zero-order chi connectivity index (χ0) is 11.8. The van der Waals surface area contributed by atoms with E-state index in [-0.39, 0.29) is 5.54 Å². The average molecular weight is 221 g/mol. The minimum Gasteiger partial charge on any atom is -0.307 e. The number of hydrogen-bond donors (Lipinski definition) is 1. The number of rotatable bonds is 5. The Kier molecular flexibility index (Phi) is 3.06. The first-order valence-electron chi connectivity index (χ1n) is 6.27.